The first-order valence-electron chi connectivity index (χ1n) is 4.47. The zero-order valence-corrected chi connectivity index (χ0v) is 9.04. The molecule has 1 heterocycles. The van der Waals surface area contributed by atoms with Gasteiger partial charge in [-0.15, -0.1) is 0 Å². The Hall–Kier alpha value is -1.81. The first-order valence-corrected chi connectivity index (χ1v) is 4.85. The first-order chi connectivity index (χ1) is 7.50. The van der Waals surface area contributed by atoms with Crippen LogP contribution >= 0.6 is 11.6 Å². The Morgan fingerprint density at radius 3 is 2.75 bits per heavy atom. The molecule has 0 amide bonds. The van der Waals surface area contributed by atoms with Gasteiger partial charge in [-0.2, -0.15) is 0 Å². The van der Waals surface area contributed by atoms with Crippen LogP contribution in [0.2, 0.25) is 5.02 Å². The van der Waals surface area contributed by atoms with Gasteiger partial charge in [0.1, 0.15) is 16.9 Å². The maximum absolute atomic E-state index is 11.4. The standard InChI is InChI=1S/C11H7ClO4/c1-5(13)9-10(14)7-3-2-6(12)4-8(7)16-11(9)15/h2-4,14H,1H3. The van der Waals surface area contributed by atoms with Gasteiger partial charge in [0.05, 0.1) is 5.39 Å². The molecule has 0 spiro atoms. The highest BCUT2D eigenvalue weighted by Crippen LogP contribution is 2.28. The van der Waals surface area contributed by atoms with Crippen LogP contribution in [0, 0.1) is 0 Å². The number of rotatable bonds is 1. The topological polar surface area (TPSA) is 67.5 Å². The van der Waals surface area contributed by atoms with E-state index >= 15 is 0 Å². The van der Waals surface area contributed by atoms with Gasteiger partial charge >= 0.3 is 5.63 Å². The summed E-state index contributed by atoms with van der Waals surface area (Å²) in [6, 6.07) is 4.43. The minimum Gasteiger partial charge on any atom is -0.506 e. The quantitative estimate of drug-likeness (QED) is 0.612. The number of hydrogen-bond acceptors (Lipinski definition) is 4. The summed E-state index contributed by atoms with van der Waals surface area (Å²) in [6.07, 6.45) is 0. The van der Waals surface area contributed by atoms with E-state index in [4.69, 9.17) is 16.0 Å². The molecule has 1 N–H and O–H groups in total. The zero-order chi connectivity index (χ0) is 11.9. The van der Waals surface area contributed by atoms with Gasteiger partial charge in [-0.05, 0) is 19.1 Å². The molecule has 1 aromatic carbocycles. The van der Waals surface area contributed by atoms with Crippen LogP contribution in [0.5, 0.6) is 5.75 Å². The molecule has 0 atom stereocenters. The SMILES string of the molecule is CC(=O)c1c(O)c2ccc(Cl)cc2oc1=O. The molecule has 5 heteroatoms. The average molecular weight is 239 g/mol. The van der Waals surface area contributed by atoms with E-state index in [1.165, 1.54) is 25.1 Å². The summed E-state index contributed by atoms with van der Waals surface area (Å²) in [5.74, 6) is -0.904. The van der Waals surface area contributed by atoms with Gasteiger partial charge in [-0.3, -0.25) is 4.79 Å². The van der Waals surface area contributed by atoms with Gasteiger partial charge < -0.3 is 9.52 Å². The molecule has 16 heavy (non-hydrogen) atoms. The number of aromatic hydroxyl groups is 1. The molecule has 0 aliphatic rings. The van der Waals surface area contributed by atoms with Gasteiger partial charge in [-0.25, -0.2) is 4.79 Å². The molecule has 0 aliphatic heterocycles. The van der Waals surface area contributed by atoms with Crippen LogP contribution in [-0.4, -0.2) is 10.9 Å². The zero-order valence-electron chi connectivity index (χ0n) is 8.28. The molecular formula is C11H7ClO4. The minimum atomic E-state index is -0.861. The number of Topliss-reactive ketones (excluding diaryl/α,β-unsaturated/α-hetero) is 1. The maximum atomic E-state index is 11.4. The second-order valence-electron chi connectivity index (χ2n) is 3.31. The van der Waals surface area contributed by atoms with E-state index in [0.29, 0.717) is 5.02 Å². The monoisotopic (exact) mass is 238 g/mol. The molecule has 0 fully saturated rings. The van der Waals surface area contributed by atoms with E-state index < -0.39 is 11.4 Å². The van der Waals surface area contributed by atoms with E-state index in [1.54, 1.807) is 0 Å². The summed E-state index contributed by atoms with van der Waals surface area (Å²) in [5.41, 5.74) is -1.05. The van der Waals surface area contributed by atoms with Crippen molar-refractivity contribution in [3.8, 4) is 5.75 Å². The van der Waals surface area contributed by atoms with Gasteiger partial charge in [0.25, 0.3) is 0 Å². The Morgan fingerprint density at radius 1 is 1.44 bits per heavy atom. The summed E-state index contributed by atoms with van der Waals surface area (Å²) in [6.45, 7) is 1.19. The van der Waals surface area contributed by atoms with Gasteiger partial charge in [0.2, 0.25) is 0 Å². The Bertz CT molecular complexity index is 642. The fourth-order valence-electron chi connectivity index (χ4n) is 1.47. The van der Waals surface area contributed by atoms with Gasteiger partial charge in [-0.1, -0.05) is 11.6 Å². The Morgan fingerprint density at radius 2 is 2.12 bits per heavy atom. The number of ketones is 1. The predicted octanol–water partition coefficient (Wildman–Crippen LogP) is 2.35. The summed E-state index contributed by atoms with van der Waals surface area (Å²) in [4.78, 5) is 22.6. The van der Waals surface area contributed by atoms with Crippen molar-refractivity contribution in [3.05, 3.63) is 39.2 Å². The van der Waals surface area contributed by atoms with Crippen LogP contribution in [0.15, 0.2) is 27.4 Å². The summed E-state index contributed by atoms with van der Waals surface area (Å²) >= 11 is 5.72. The highest BCUT2D eigenvalue weighted by Gasteiger charge is 2.17. The lowest BCUT2D eigenvalue weighted by atomic mass is 10.1. The van der Waals surface area contributed by atoms with Crippen molar-refractivity contribution in [2.24, 2.45) is 0 Å². The minimum absolute atomic E-state index is 0.153. The molecule has 2 rings (SSSR count). The third kappa shape index (κ3) is 1.57. The molecule has 82 valence electrons. The van der Waals surface area contributed by atoms with Crippen molar-refractivity contribution in [2.45, 2.75) is 6.92 Å². The Labute approximate surface area is 95.1 Å². The van der Waals surface area contributed by atoms with E-state index in [9.17, 15) is 14.7 Å². The molecule has 4 nitrogen and oxygen atoms in total. The van der Waals surface area contributed by atoms with Crippen LogP contribution in [0.25, 0.3) is 11.0 Å². The number of carbonyl (C=O) groups is 1. The molecule has 0 radical (unpaired) electrons. The second kappa shape index (κ2) is 3.64. The number of carbonyl (C=O) groups excluding carboxylic acids is 1. The summed E-state index contributed by atoms with van der Waals surface area (Å²) < 4.78 is 4.89. The molecule has 1 aromatic heterocycles. The lowest BCUT2D eigenvalue weighted by Crippen LogP contribution is -2.11. The lowest BCUT2D eigenvalue weighted by Gasteiger charge is -2.03. The molecule has 0 saturated heterocycles. The van der Waals surface area contributed by atoms with Gasteiger partial charge in [0.15, 0.2) is 5.78 Å². The largest absolute Gasteiger partial charge is 0.506 e. The molecule has 0 bridgehead atoms. The lowest BCUT2D eigenvalue weighted by molar-refractivity contribution is 0.101. The normalized spacial score (nSPS) is 10.6. The number of benzene rings is 1. The van der Waals surface area contributed by atoms with Crippen LogP contribution in [0.3, 0.4) is 0 Å². The second-order valence-corrected chi connectivity index (χ2v) is 3.75. The van der Waals surface area contributed by atoms with Crippen molar-refractivity contribution >= 4 is 28.4 Å². The fraction of sp³-hybridized carbons (Fsp3) is 0.0909. The summed E-state index contributed by atoms with van der Waals surface area (Å²) in [7, 11) is 0. The highest BCUT2D eigenvalue weighted by molar-refractivity contribution is 6.31. The average Bonchev–Trinajstić information content (AvgIpc) is 2.15. The van der Waals surface area contributed by atoms with Crippen LogP contribution < -0.4 is 5.63 Å². The van der Waals surface area contributed by atoms with Crippen LogP contribution in [0.1, 0.15) is 17.3 Å². The molecule has 0 saturated carbocycles. The van der Waals surface area contributed by atoms with E-state index in [1.807, 2.05) is 0 Å². The van der Waals surface area contributed by atoms with E-state index in [2.05, 4.69) is 0 Å². The predicted molar refractivity (Wildman–Crippen MR) is 59.2 cm³/mol. The Kier molecular flexibility index (Phi) is 2.44. The van der Waals surface area contributed by atoms with Crippen molar-refractivity contribution in [3.63, 3.8) is 0 Å². The van der Waals surface area contributed by atoms with Crippen molar-refractivity contribution < 1.29 is 14.3 Å². The van der Waals surface area contributed by atoms with Crippen LogP contribution in [0.4, 0.5) is 0 Å². The third-order valence-corrected chi connectivity index (χ3v) is 2.43. The van der Waals surface area contributed by atoms with E-state index in [-0.39, 0.29) is 22.3 Å². The number of halogens is 1. The number of hydrogen-bond donors (Lipinski definition) is 1. The maximum Gasteiger partial charge on any atom is 0.351 e. The molecule has 2 aromatic rings. The van der Waals surface area contributed by atoms with Gasteiger partial charge in [0, 0.05) is 11.1 Å². The number of fused-ring (bicyclic) bond motifs is 1. The summed E-state index contributed by atoms with van der Waals surface area (Å²) in [5, 5.41) is 10.4. The first kappa shape index (κ1) is 10.7. The van der Waals surface area contributed by atoms with E-state index in [0.717, 1.165) is 0 Å². The molecule has 0 aliphatic carbocycles. The molecule has 0 unspecified atom stereocenters. The fourth-order valence-corrected chi connectivity index (χ4v) is 1.63. The smallest absolute Gasteiger partial charge is 0.351 e. The highest BCUT2D eigenvalue weighted by atomic mass is 35.5. The van der Waals surface area contributed by atoms with Crippen LogP contribution in [-0.2, 0) is 0 Å². The third-order valence-electron chi connectivity index (χ3n) is 2.19. The Balaban J connectivity index is 2.94. The van der Waals surface area contributed by atoms with Crippen molar-refractivity contribution in [1.82, 2.24) is 0 Å². The van der Waals surface area contributed by atoms with Crippen molar-refractivity contribution in [1.29, 1.82) is 0 Å². The molecular weight excluding hydrogens is 232 g/mol. The van der Waals surface area contributed by atoms with Crippen molar-refractivity contribution in [2.75, 3.05) is 0 Å².